The van der Waals surface area contributed by atoms with Crippen molar-refractivity contribution in [2.75, 3.05) is 6.61 Å². The molecule has 2 aromatic rings. The lowest BCUT2D eigenvalue weighted by atomic mass is 10.2. The first-order chi connectivity index (χ1) is 9.60. The van der Waals surface area contributed by atoms with Crippen LogP contribution in [0.5, 0.6) is 5.75 Å². The third-order valence-electron chi connectivity index (χ3n) is 2.57. The number of aromatic nitrogens is 1. The standard InChI is InChI=1S/C14H15NO3S2/c1-3-18-11-6-4-10(5-7-11)8-19-14-15-9(2)12(20-14)13(16)17/h4-7H,3,8H2,1-2H3,(H,16,17). The lowest BCUT2D eigenvalue weighted by Crippen LogP contribution is -1.94. The fourth-order valence-corrected chi connectivity index (χ4v) is 3.61. The quantitative estimate of drug-likeness (QED) is 0.822. The van der Waals surface area contributed by atoms with E-state index in [9.17, 15) is 4.79 Å². The number of carbonyl (C=O) groups is 1. The Balaban J connectivity index is 1.98. The normalized spacial score (nSPS) is 10.5. The minimum atomic E-state index is -0.909. The van der Waals surface area contributed by atoms with Crippen molar-refractivity contribution < 1.29 is 14.6 Å². The maximum atomic E-state index is 11.0. The van der Waals surface area contributed by atoms with Crippen molar-refractivity contribution in [2.45, 2.75) is 23.9 Å². The van der Waals surface area contributed by atoms with Crippen LogP contribution in [0.25, 0.3) is 0 Å². The summed E-state index contributed by atoms with van der Waals surface area (Å²) in [4.78, 5) is 15.5. The Labute approximate surface area is 125 Å². The van der Waals surface area contributed by atoms with Crippen LogP contribution in [0.3, 0.4) is 0 Å². The number of aromatic carboxylic acids is 1. The predicted octanol–water partition coefficient (Wildman–Crippen LogP) is 3.84. The maximum absolute atomic E-state index is 11.0. The SMILES string of the molecule is CCOc1ccc(CSc2nc(C)c(C(=O)O)s2)cc1. The van der Waals surface area contributed by atoms with Gasteiger partial charge in [-0.3, -0.25) is 0 Å². The monoisotopic (exact) mass is 309 g/mol. The summed E-state index contributed by atoms with van der Waals surface area (Å²) in [5.41, 5.74) is 1.74. The van der Waals surface area contributed by atoms with Gasteiger partial charge < -0.3 is 9.84 Å². The van der Waals surface area contributed by atoms with Crippen LogP contribution in [0.15, 0.2) is 28.6 Å². The van der Waals surface area contributed by atoms with E-state index in [0.717, 1.165) is 21.4 Å². The number of thioether (sulfide) groups is 1. The molecular formula is C14H15NO3S2. The van der Waals surface area contributed by atoms with Gasteiger partial charge in [-0.15, -0.1) is 11.3 Å². The Hall–Kier alpha value is -1.53. The number of aryl methyl sites for hydroxylation is 1. The van der Waals surface area contributed by atoms with Crippen molar-refractivity contribution in [1.29, 1.82) is 0 Å². The van der Waals surface area contributed by atoms with Gasteiger partial charge in [0.15, 0.2) is 4.34 Å². The Morgan fingerprint density at radius 2 is 2.10 bits per heavy atom. The first-order valence-electron chi connectivity index (χ1n) is 6.15. The van der Waals surface area contributed by atoms with Crippen LogP contribution in [-0.4, -0.2) is 22.7 Å². The van der Waals surface area contributed by atoms with Gasteiger partial charge in [0.25, 0.3) is 0 Å². The van der Waals surface area contributed by atoms with Crippen LogP contribution in [0.1, 0.15) is 27.9 Å². The van der Waals surface area contributed by atoms with E-state index in [4.69, 9.17) is 9.84 Å². The third-order valence-corrected chi connectivity index (χ3v) is 4.93. The summed E-state index contributed by atoms with van der Waals surface area (Å²) in [7, 11) is 0. The molecule has 0 amide bonds. The number of hydrogen-bond donors (Lipinski definition) is 1. The Morgan fingerprint density at radius 3 is 2.65 bits per heavy atom. The molecule has 0 aliphatic rings. The van der Waals surface area contributed by atoms with Gasteiger partial charge in [-0.25, -0.2) is 9.78 Å². The highest BCUT2D eigenvalue weighted by Crippen LogP contribution is 2.30. The van der Waals surface area contributed by atoms with E-state index in [0.29, 0.717) is 17.2 Å². The van der Waals surface area contributed by atoms with Crippen molar-refractivity contribution in [3.8, 4) is 5.75 Å². The van der Waals surface area contributed by atoms with Crippen molar-refractivity contribution in [1.82, 2.24) is 4.98 Å². The van der Waals surface area contributed by atoms with Crippen LogP contribution < -0.4 is 4.74 Å². The highest BCUT2D eigenvalue weighted by atomic mass is 32.2. The van der Waals surface area contributed by atoms with E-state index >= 15 is 0 Å². The number of ether oxygens (including phenoxy) is 1. The molecule has 1 aromatic carbocycles. The van der Waals surface area contributed by atoms with E-state index < -0.39 is 5.97 Å². The van der Waals surface area contributed by atoms with E-state index in [1.165, 1.54) is 11.3 Å². The lowest BCUT2D eigenvalue weighted by molar-refractivity contribution is 0.0701. The summed E-state index contributed by atoms with van der Waals surface area (Å²) in [6.07, 6.45) is 0. The second-order valence-corrected chi connectivity index (χ2v) is 6.29. The summed E-state index contributed by atoms with van der Waals surface area (Å²) in [5, 5.41) is 8.99. The van der Waals surface area contributed by atoms with Gasteiger partial charge in [-0.2, -0.15) is 0 Å². The predicted molar refractivity (Wildman–Crippen MR) is 81.0 cm³/mol. The molecule has 1 N–H and O–H groups in total. The molecule has 1 heterocycles. The summed E-state index contributed by atoms with van der Waals surface area (Å²) in [6.45, 7) is 4.33. The number of thiazole rings is 1. The Morgan fingerprint density at radius 1 is 1.40 bits per heavy atom. The van der Waals surface area contributed by atoms with Gasteiger partial charge in [-0.05, 0) is 31.5 Å². The molecule has 0 unspecified atom stereocenters. The zero-order valence-electron chi connectivity index (χ0n) is 11.3. The number of nitrogens with zero attached hydrogens (tertiary/aromatic N) is 1. The number of carboxylic acid groups (broad SMARTS) is 1. The fourth-order valence-electron chi connectivity index (χ4n) is 1.63. The third kappa shape index (κ3) is 3.74. The van der Waals surface area contributed by atoms with Gasteiger partial charge in [0.05, 0.1) is 12.3 Å². The van der Waals surface area contributed by atoms with E-state index in [1.807, 2.05) is 31.2 Å². The van der Waals surface area contributed by atoms with Crippen LogP contribution in [-0.2, 0) is 5.75 Å². The number of carboxylic acids is 1. The molecule has 4 nitrogen and oxygen atoms in total. The van der Waals surface area contributed by atoms with Crippen molar-refractivity contribution in [3.05, 3.63) is 40.4 Å². The maximum Gasteiger partial charge on any atom is 0.347 e. The minimum Gasteiger partial charge on any atom is -0.494 e. The minimum absolute atomic E-state index is 0.319. The molecule has 0 fully saturated rings. The number of benzene rings is 1. The van der Waals surface area contributed by atoms with Crippen molar-refractivity contribution >= 4 is 29.1 Å². The fraction of sp³-hybridized carbons (Fsp3) is 0.286. The Kier molecular flexibility index (Phi) is 5.03. The van der Waals surface area contributed by atoms with Gasteiger partial charge in [0.1, 0.15) is 10.6 Å². The summed E-state index contributed by atoms with van der Waals surface area (Å²) in [5.74, 6) is 0.714. The van der Waals surface area contributed by atoms with Gasteiger partial charge in [-0.1, -0.05) is 23.9 Å². The van der Waals surface area contributed by atoms with E-state index in [1.54, 1.807) is 18.7 Å². The molecule has 20 heavy (non-hydrogen) atoms. The van der Waals surface area contributed by atoms with Gasteiger partial charge >= 0.3 is 5.97 Å². The van der Waals surface area contributed by atoms with Gasteiger partial charge in [0, 0.05) is 5.75 Å². The molecule has 0 radical (unpaired) electrons. The van der Waals surface area contributed by atoms with E-state index in [2.05, 4.69) is 4.98 Å². The highest BCUT2D eigenvalue weighted by molar-refractivity contribution is 8.00. The number of rotatable bonds is 6. The molecule has 0 spiro atoms. The van der Waals surface area contributed by atoms with Crippen molar-refractivity contribution in [2.24, 2.45) is 0 Å². The van der Waals surface area contributed by atoms with Crippen LogP contribution in [0.4, 0.5) is 0 Å². The Bertz CT molecular complexity index is 593. The average Bonchev–Trinajstić information content (AvgIpc) is 2.80. The second kappa shape index (κ2) is 6.76. The van der Waals surface area contributed by atoms with Crippen LogP contribution in [0, 0.1) is 6.92 Å². The lowest BCUT2D eigenvalue weighted by Gasteiger charge is -2.04. The molecule has 0 atom stereocenters. The molecular weight excluding hydrogens is 294 g/mol. The average molecular weight is 309 g/mol. The number of hydrogen-bond acceptors (Lipinski definition) is 5. The van der Waals surface area contributed by atoms with Gasteiger partial charge in [0.2, 0.25) is 0 Å². The topological polar surface area (TPSA) is 59.4 Å². The van der Waals surface area contributed by atoms with Crippen molar-refractivity contribution in [3.63, 3.8) is 0 Å². The molecule has 0 aliphatic carbocycles. The first-order valence-corrected chi connectivity index (χ1v) is 7.95. The largest absolute Gasteiger partial charge is 0.494 e. The zero-order chi connectivity index (χ0) is 14.5. The summed E-state index contributed by atoms with van der Waals surface area (Å²) in [6, 6.07) is 7.90. The first kappa shape index (κ1) is 14.9. The smallest absolute Gasteiger partial charge is 0.347 e. The van der Waals surface area contributed by atoms with E-state index in [-0.39, 0.29) is 0 Å². The molecule has 0 saturated carbocycles. The second-order valence-electron chi connectivity index (χ2n) is 4.07. The molecule has 0 aliphatic heterocycles. The molecule has 2 rings (SSSR count). The molecule has 0 bridgehead atoms. The summed E-state index contributed by atoms with van der Waals surface area (Å²) >= 11 is 2.77. The van der Waals surface area contributed by atoms with Crippen LogP contribution >= 0.6 is 23.1 Å². The molecule has 6 heteroatoms. The molecule has 106 valence electrons. The highest BCUT2D eigenvalue weighted by Gasteiger charge is 2.14. The molecule has 0 saturated heterocycles. The summed E-state index contributed by atoms with van der Waals surface area (Å²) < 4.78 is 6.17. The zero-order valence-corrected chi connectivity index (χ0v) is 12.9. The van der Waals surface area contributed by atoms with Crippen LogP contribution in [0.2, 0.25) is 0 Å². The molecule has 1 aromatic heterocycles.